The number of pyridine rings is 2. The first-order valence-electron chi connectivity index (χ1n) is 7.52. The zero-order valence-electron chi connectivity index (χ0n) is 13.8. The molecule has 26 heavy (non-hydrogen) atoms. The van der Waals surface area contributed by atoms with Crippen molar-refractivity contribution in [3.8, 4) is 11.8 Å². The Bertz CT molecular complexity index is 741. The van der Waals surface area contributed by atoms with Gasteiger partial charge in [0.15, 0.2) is 6.61 Å². The molecule has 2 rings (SSSR count). The lowest BCUT2D eigenvalue weighted by Crippen LogP contribution is -2.34. The molecule has 0 radical (unpaired) electrons. The number of halogens is 3. The standard InChI is InChI=1S/C16H17F3N4O3/c1-25-13-11(4-2-6-20-13)8-22-15(24)23-9-12-5-3-7-21-14(12)26-10-16(17,18)19/h2-7H,8-10H2,1H3,(H2,22,23,24). The molecule has 2 heterocycles. The van der Waals surface area contributed by atoms with E-state index in [2.05, 4.69) is 25.3 Å². The first-order valence-corrected chi connectivity index (χ1v) is 7.52. The van der Waals surface area contributed by atoms with Crippen molar-refractivity contribution >= 4 is 6.03 Å². The van der Waals surface area contributed by atoms with Crippen LogP contribution in [0.5, 0.6) is 11.8 Å². The van der Waals surface area contributed by atoms with E-state index in [0.29, 0.717) is 17.0 Å². The molecule has 0 aliphatic rings. The third-order valence-corrected chi connectivity index (χ3v) is 3.14. The molecule has 10 heteroatoms. The Balaban J connectivity index is 1.87. The highest BCUT2D eigenvalue weighted by Crippen LogP contribution is 2.19. The molecule has 0 aliphatic heterocycles. The number of urea groups is 1. The van der Waals surface area contributed by atoms with Crippen LogP contribution in [0.4, 0.5) is 18.0 Å². The molecule has 0 aromatic carbocycles. The summed E-state index contributed by atoms with van der Waals surface area (Å²) < 4.78 is 46.5. The minimum absolute atomic E-state index is 0.0446. The summed E-state index contributed by atoms with van der Waals surface area (Å²) in [4.78, 5) is 19.7. The summed E-state index contributed by atoms with van der Waals surface area (Å²) in [6.07, 6.45) is -1.60. The van der Waals surface area contributed by atoms with Gasteiger partial charge in [-0.15, -0.1) is 0 Å². The van der Waals surface area contributed by atoms with Crippen LogP contribution in [-0.2, 0) is 13.1 Å². The van der Waals surface area contributed by atoms with Crippen LogP contribution in [0, 0.1) is 0 Å². The first-order chi connectivity index (χ1) is 12.4. The Morgan fingerprint density at radius 1 is 1.04 bits per heavy atom. The normalized spacial score (nSPS) is 10.9. The lowest BCUT2D eigenvalue weighted by atomic mass is 10.2. The summed E-state index contributed by atoms with van der Waals surface area (Å²) in [5.74, 6) is 0.210. The van der Waals surface area contributed by atoms with E-state index in [1.807, 2.05) is 0 Å². The van der Waals surface area contributed by atoms with E-state index in [1.165, 1.54) is 25.4 Å². The van der Waals surface area contributed by atoms with Crippen molar-refractivity contribution in [1.82, 2.24) is 20.6 Å². The lowest BCUT2D eigenvalue weighted by Gasteiger charge is -2.13. The third kappa shape index (κ3) is 6.11. The number of aromatic nitrogens is 2. The van der Waals surface area contributed by atoms with Crippen molar-refractivity contribution in [2.24, 2.45) is 0 Å². The van der Waals surface area contributed by atoms with Gasteiger partial charge >= 0.3 is 12.2 Å². The summed E-state index contributed by atoms with van der Waals surface area (Å²) >= 11 is 0. The number of hydrogen-bond acceptors (Lipinski definition) is 5. The van der Waals surface area contributed by atoms with E-state index >= 15 is 0 Å². The van der Waals surface area contributed by atoms with E-state index in [1.54, 1.807) is 18.3 Å². The number of rotatable bonds is 7. The van der Waals surface area contributed by atoms with E-state index < -0.39 is 18.8 Å². The third-order valence-electron chi connectivity index (χ3n) is 3.14. The molecule has 2 aromatic heterocycles. The predicted octanol–water partition coefficient (Wildman–Crippen LogP) is 2.43. The van der Waals surface area contributed by atoms with Gasteiger partial charge in [0.1, 0.15) is 0 Å². The van der Waals surface area contributed by atoms with Crippen LogP contribution in [0.1, 0.15) is 11.1 Å². The highest BCUT2D eigenvalue weighted by molar-refractivity contribution is 5.73. The van der Waals surface area contributed by atoms with Crippen molar-refractivity contribution in [3.63, 3.8) is 0 Å². The molecule has 0 unspecified atom stereocenters. The quantitative estimate of drug-likeness (QED) is 0.782. The fourth-order valence-corrected chi connectivity index (χ4v) is 1.99. The van der Waals surface area contributed by atoms with Crippen molar-refractivity contribution in [1.29, 1.82) is 0 Å². The lowest BCUT2D eigenvalue weighted by molar-refractivity contribution is -0.154. The number of carbonyl (C=O) groups is 1. The van der Waals surface area contributed by atoms with Gasteiger partial charge in [-0.05, 0) is 12.1 Å². The molecular formula is C16H17F3N4O3. The summed E-state index contributed by atoms with van der Waals surface area (Å²) in [7, 11) is 1.47. The minimum atomic E-state index is -4.47. The molecule has 0 saturated carbocycles. The van der Waals surface area contributed by atoms with E-state index in [0.717, 1.165) is 0 Å². The van der Waals surface area contributed by atoms with Crippen LogP contribution < -0.4 is 20.1 Å². The maximum atomic E-state index is 12.3. The predicted molar refractivity (Wildman–Crippen MR) is 85.7 cm³/mol. The molecule has 7 nitrogen and oxygen atoms in total. The maximum absolute atomic E-state index is 12.3. The zero-order valence-corrected chi connectivity index (χ0v) is 13.8. The molecule has 2 N–H and O–H groups in total. The van der Waals surface area contributed by atoms with Crippen LogP contribution in [0.15, 0.2) is 36.7 Å². The Labute approximate surface area is 147 Å². The van der Waals surface area contributed by atoms with Crippen LogP contribution in [0.2, 0.25) is 0 Å². The average molecular weight is 370 g/mol. The monoisotopic (exact) mass is 370 g/mol. The Morgan fingerprint density at radius 3 is 2.12 bits per heavy atom. The summed E-state index contributed by atoms with van der Waals surface area (Å²) in [5.41, 5.74) is 1.01. The number of nitrogens with zero attached hydrogens (tertiary/aromatic N) is 2. The fourth-order valence-electron chi connectivity index (χ4n) is 1.99. The van der Waals surface area contributed by atoms with Crippen LogP contribution in [0.3, 0.4) is 0 Å². The van der Waals surface area contributed by atoms with Gasteiger partial charge in [0.05, 0.1) is 7.11 Å². The molecule has 0 bridgehead atoms. The molecule has 2 aromatic rings. The van der Waals surface area contributed by atoms with Crippen molar-refractivity contribution in [3.05, 3.63) is 47.8 Å². The Hall–Kier alpha value is -3.04. The number of carbonyl (C=O) groups excluding carboxylic acids is 1. The van der Waals surface area contributed by atoms with Crippen molar-refractivity contribution in [2.45, 2.75) is 19.3 Å². The largest absolute Gasteiger partial charge is 0.481 e. The zero-order chi connectivity index (χ0) is 19.0. The topological polar surface area (TPSA) is 85.4 Å². The van der Waals surface area contributed by atoms with Crippen LogP contribution >= 0.6 is 0 Å². The smallest absolute Gasteiger partial charge is 0.422 e. The van der Waals surface area contributed by atoms with Crippen molar-refractivity contribution < 1.29 is 27.4 Å². The molecule has 0 saturated heterocycles. The fraction of sp³-hybridized carbons (Fsp3) is 0.312. The van der Waals surface area contributed by atoms with Gasteiger partial charge in [0, 0.05) is 36.6 Å². The number of hydrogen-bond donors (Lipinski definition) is 2. The summed E-state index contributed by atoms with van der Waals surface area (Å²) in [5, 5.41) is 5.14. The van der Waals surface area contributed by atoms with Gasteiger partial charge in [-0.25, -0.2) is 14.8 Å². The number of ether oxygens (including phenoxy) is 2. The second-order valence-electron chi connectivity index (χ2n) is 5.08. The molecular weight excluding hydrogens is 353 g/mol. The van der Waals surface area contributed by atoms with Crippen LogP contribution in [0.25, 0.3) is 0 Å². The number of alkyl halides is 3. The molecule has 0 atom stereocenters. The van der Waals surface area contributed by atoms with Gasteiger partial charge in [-0.2, -0.15) is 13.2 Å². The summed E-state index contributed by atoms with van der Waals surface area (Å²) in [6.45, 7) is -1.33. The molecule has 140 valence electrons. The van der Waals surface area contributed by atoms with Crippen molar-refractivity contribution in [2.75, 3.05) is 13.7 Å². The minimum Gasteiger partial charge on any atom is -0.481 e. The molecule has 0 aliphatic carbocycles. The Morgan fingerprint density at radius 2 is 1.58 bits per heavy atom. The second kappa shape index (κ2) is 8.88. The summed E-state index contributed by atoms with van der Waals surface area (Å²) in [6, 6.07) is 5.99. The number of methoxy groups -OCH3 is 1. The first kappa shape index (κ1) is 19.3. The molecule has 2 amide bonds. The highest BCUT2D eigenvalue weighted by atomic mass is 19.4. The maximum Gasteiger partial charge on any atom is 0.422 e. The number of nitrogens with one attached hydrogen (secondary N) is 2. The number of amides is 2. The molecule has 0 spiro atoms. The van der Waals surface area contributed by atoms with Gasteiger partial charge in [0.2, 0.25) is 11.8 Å². The highest BCUT2D eigenvalue weighted by Gasteiger charge is 2.29. The van der Waals surface area contributed by atoms with Gasteiger partial charge in [-0.1, -0.05) is 12.1 Å². The van der Waals surface area contributed by atoms with Crippen LogP contribution in [-0.4, -0.2) is 35.9 Å². The van der Waals surface area contributed by atoms with Gasteiger partial charge in [0.25, 0.3) is 0 Å². The van der Waals surface area contributed by atoms with E-state index in [9.17, 15) is 18.0 Å². The van der Waals surface area contributed by atoms with E-state index in [-0.39, 0.29) is 19.0 Å². The Kier molecular flexibility index (Phi) is 6.59. The average Bonchev–Trinajstić information content (AvgIpc) is 2.63. The second-order valence-corrected chi connectivity index (χ2v) is 5.08. The van der Waals surface area contributed by atoms with E-state index in [4.69, 9.17) is 4.74 Å². The van der Waals surface area contributed by atoms with Gasteiger partial charge < -0.3 is 20.1 Å². The van der Waals surface area contributed by atoms with Gasteiger partial charge in [-0.3, -0.25) is 0 Å². The molecule has 0 fully saturated rings. The SMILES string of the molecule is COc1ncccc1CNC(=O)NCc1cccnc1OCC(F)(F)F.